The Hall–Kier alpha value is -0.157. The number of allylic oxidation sites excluding steroid dienone is 8. The molecule has 2 aliphatic rings. The van der Waals surface area contributed by atoms with Crippen LogP contribution in [0.2, 0.25) is 0 Å². The monoisotopic (exact) mass is 304 g/mol. The van der Waals surface area contributed by atoms with Gasteiger partial charge in [0.15, 0.2) is 0 Å². The maximum atomic E-state index is 2.34. The van der Waals surface area contributed by atoms with Crippen molar-refractivity contribution in [2.45, 2.75) is 54.4 Å². The molecular formula is C16H22Zr. The number of hydrogen-bond donors (Lipinski definition) is 0. The quantitative estimate of drug-likeness (QED) is 0.666. The van der Waals surface area contributed by atoms with Crippen molar-refractivity contribution >= 4 is 0 Å². The molecule has 0 aromatic rings. The first-order chi connectivity index (χ1) is 7.91. The molecule has 0 N–H and O–H groups in total. The van der Waals surface area contributed by atoms with E-state index in [4.69, 9.17) is 0 Å². The van der Waals surface area contributed by atoms with E-state index in [1.54, 1.807) is 40.0 Å². The van der Waals surface area contributed by atoms with Crippen LogP contribution in [0.5, 0.6) is 0 Å². The van der Waals surface area contributed by atoms with Crippen molar-refractivity contribution < 1.29 is 23.2 Å². The zero-order valence-corrected chi connectivity index (χ0v) is 14.4. The second-order valence-electron chi connectivity index (χ2n) is 5.60. The summed E-state index contributed by atoms with van der Waals surface area (Å²) >= 11 is -0.560. The van der Waals surface area contributed by atoms with Crippen molar-refractivity contribution in [3.05, 3.63) is 40.0 Å². The molecule has 0 radical (unpaired) electrons. The summed E-state index contributed by atoms with van der Waals surface area (Å²) in [7, 11) is 0. The third kappa shape index (κ3) is 2.36. The predicted molar refractivity (Wildman–Crippen MR) is 71.4 cm³/mol. The van der Waals surface area contributed by atoms with E-state index in [0.29, 0.717) is 0 Å². The van der Waals surface area contributed by atoms with E-state index >= 15 is 0 Å². The van der Waals surface area contributed by atoms with Gasteiger partial charge in [-0.15, -0.1) is 0 Å². The summed E-state index contributed by atoms with van der Waals surface area (Å²) in [5, 5.41) is 0. The van der Waals surface area contributed by atoms with Crippen LogP contribution in [0.1, 0.15) is 54.4 Å². The molecule has 90 valence electrons. The van der Waals surface area contributed by atoms with Crippen LogP contribution in [0.4, 0.5) is 0 Å². The molecule has 0 aromatic heterocycles. The Labute approximate surface area is 117 Å². The number of hydrogen-bond acceptors (Lipinski definition) is 0. The van der Waals surface area contributed by atoms with Gasteiger partial charge in [-0.05, 0) is 0 Å². The molecule has 0 nitrogen and oxygen atoms in total. The van der Waals surface area contributed by atoms with Crippen molar-refractivity contribution in [2.75, 3.05) is 0 Å². The van der Waals surface area contributed by atoms with E-state index in [1.165, 1.54) is 12.8 Å². The van der Waals surface area contributed by atoms with E-state index in [-0.39, 0.29) is 0 Å². The molecule has 2 aliphatic carbocycles. The van der Waals surface area contributed by atoms with E-state index in [9.17, 15) is 0 Å². The average molecular weight is 306 g/mol. The molecule has 0 saturated carbocycles. The van der Waals surface area contributed by atoms with Gasteiger partial charge in [-0.1, -0.05) is 0 Å². The van der Waals surface area contributed by atoms with Gasteiger partial charge in [0, 0.05) is 0 Å². The molecule has 0 saturated heterocycles. The average Bonchev–Trinajstić information content (AvgIpc) is 2.62. The van der Waals surface area contributed by atoms with Gasteiger partial charge in [0.1, 0.15) is 0 Å². The molecule has 0 atom stereocenters. The Morgan fingerprint density at radius 3 is 1.18 bits per heavy atom. The van der Waals surface area contributed by atoms with E-state index in [1.807, 2.05) is 0 Å². The van der Waals surface area contributed by atoms with Crippen LogP contribution in [0.15, 0.2) is 40.0 Å². The van der Waals surface area contributed by atoms with E-state index in [0.717, 1.165) is 0 Å². The molecule has 1 heteroatoms. The Balaban J connectivity index is 2.30. The molecular weight excluding hydrogens is 283 g/mol. The van der Waals surface area contributed by atoms with Crippen LogP contribution in [0, 0.1) is 0 Å². The standard InChI is InChI=1S/2C8H11.Zr/c2*1-6-4-7(2)8(3)5-6;/h2*4H2,1-3H3;. The molecule has 0 aliphatic heterocycles. The number of rotatable bonds is 2. The van der Waals surface area contributed by atoms with E-state index < -0.39 is 23.2 Å². The first-order valence-electron chi connectivity index (χ1n) is 6.41. The summed E-state index contributed by atoms with van der Waals surface area (Å²) < 4.78 is 3.55. The SMILES string of the molecule is CC1=C(C)[C]([Zr][C]2=C(C)CC(C)=C2C)=C(C)C1. The summed E-state index contributed by atoms with van der Waals surface area (Å²) in [5.74, 6) is 0. The molecule has 0 unspecified atom stereocenters. The topological polar surface area (TPSA) is 0 Å². The minimum absolute atomic E-state index is 0.560. The summed E-state index contributed by atoms with van der Waals surface area (Å²) in [6.07, 6.45) is 2.46. The summed E-state index contributed by atoms with van der Waals surface area (Å²) in [6.45, 7) is 13.9. The van der Waals surface area contributed by atoms with Gasteiger partial charge in [0.05, 0.1) is 0 Å². The Morgan fingerprint density at radius 2 is 0.941 bits per heavy atom. The van der Waals surface area contributed by atoms with Crippen molar-refractivity contribution in [1.82, 2.24) is 0 Å². The molecule has 0 aromatic carbocycles. The minimum atomic E-state index is -0.560. The molecule has 17 heavy (non-hydrogen) atoms. The first-order valence-corrected chi connectivity index (χ1v) is 8.87. The van der Waals surface area contributed by atoms with Crippen molar-refractivity contribution in [3.63, 3.8) is 0 Å². The van der Waals surface area contributed by atoms with Crippen LogP contribution < -0.4 is 0 Å². The van der Waals surface area contributed by atoms with Gasteiger partial charge < -0.3 is 0 Å². The Kier molecular flexibility index (Phi) is 3.78. The zero-order chi connectivity index (χ0) is 12.7. The maximum absolute atomic E-state index is 2.34. The third-order valence-electron chi connectivity index (χ3n) is 4.19. The van der Waals surface area contributed by atoms with Gasteiger partial charge in [0.25, 0.3) is 0 Å². The Bertz CT molecular complexity index is 450. The molecule has 0 bridgehead atoms. The molecule has 0 amide bonds. The van der Waals surface area contributed by atoms with Gasteiger partial charge in [-0.3, -0.25) is 0 Å². The van der Waals surface area contributed by atoms with Crippen LogP contribution in [0.25, 0.3) is 0 Å². The van der Waals surface area contributed by atoms with Crippen LogP contribution >= 0.6 is 0 Å². The molecule has 0 spiro atoms. The fourth-order valence-electron chi connectivity index (χ4n) is 2.83. The normalized spacial score (nSPS) is 21.3. The third-order valence-corrected chi connectivity index (χ3v) is 9.37. The summed E-state index contributed by atoms with van der Waals surface area (Å²) in [4.78, 5) is 0. The molecule has 0 fully saturated rings. The van der Waals surface area contributed by atoms with Gasteiger partial charge in [0.2, 0.25) is 0 Å². The second kappa shape index (κ2) is 4.84. The first kappa shape index (κ1) is 13.3. The molecule has 0 heterocycles. The summed E-state index contributed by atoms with van der Waals surface area (Å²) in [5.41, 5.74) is 9.76. The van der Waals surface area contributed by atoms with Gasteiger partial charge >= 0.3 is 118 Å². The van der Waals surface area contributed by atoms with Crippen molar-refractivity contribution in [2.24, 2.45) is 0 Å². The molecule has 2 rings (SSSR count). The van der Waals surface area contributed by atoms with Crippen LogP contribution in [0.3, 0.4) is 0 Å². The van der Waals surface area contributed by atoms with E-state index in [2.05, 4.69) is 41.5 Å². The second-order valence-corrected chi connectivity index (χ2v) is 8.67. The van der Waals surface area contributed by atoms with Gasteiger partial charge in [-0.2, -0.15) is 0 Å². The summed E-state index contributed by atoms with van der Waals surface area (Å²) in [6, 6.07) is 0. The predicted octanol–water partition coefficient (Wildman–Crippen LogP) is 5.10. The fourth-order valence-corrected chi connectivity index (χ4v) is 6.90. The van der Waals surface area contributed by atoms with Crippen LogP contribution in [-0.4, -0.2) is 0 Å². The zero-order valence-electron chi connectivity index (χ0n) is 11.9. The van der Waals surface area contributed by atoms with Crippen LogP contribution in [-0.2, 0) is 23.2 Å². The van der Waals surface area contributed by atoms with Gasteiger partial charge in [-0.25, -0.2) is 0 Å². The Morgan fingerprint density at radius 1 is 0.588 bits per heavy atom. The van der Waals surface area contributed by atoms with Crippen molar-refractivity contribution in [3.8, 4) is 0 Å². The fraction of sp³-hybridized carbons (Fsp3) is 0.500. The van der Waals surface area contributed by atoms with Crippen molar-refractivity contribution in [1.29, 1.82) is 0 Å².